The van der Waals surface area contributed by atoms with Crippen LogP contribution in [0.1, 0.15) is 37.2 Å². The van der Waals surface area contributed by atoms with E-state index in [0.29, 0.717) is 24.8 Å². The molecule has 0 saturated heterocycles. The van der Waals surface area contributed by atoms with Gasteiger partial charge in [-0.3, -0.25) is 9.78 Å². The summed E-state index contributed by atoms with van der Waals surface area (Å²) in [4.78, 5) is 18.2. The van der Waals surface area contributed by atoms with Gasteiger partial charge in [-0.25, -0.2) is 0 Å². The number of hydrogen-bond donors (Lipinski definition) is 1. The van der Waals surface area contributed by atoms with Crippen molar-refractivity contribution in [2.24, 2.45) is 0 Å². The van der Waals surface area contributed by atoms with Crippen LogP contribution in [-0.2, 0) is 0 Å². The van der Waals surface area contributed by atoms with E-state index in [1.54, 1.807) is 11.1 Å². The third-order valence-corrected chi connectivity index (χ3v) is 3.41. The number of rotatable bonds is 5. The van der Waals surface area contributed by atoms with E-state index >= 15 is 0 Å². The van der Waals surface area contributed by atoms with Crippen molar-refractivity contribution >= 4 is 11.6 Å². The van der Waals surface area contributed by atoms with Crippen molar-refractivity contribution in [2.75, 3.05) is 18.4 Å². The number of hydrogen-bond acceptors (Lipinski definition) is 3. The molecule has 1 heterocycles. The first-order chi connectivity index (χ1) is 9.24. The smallest absolute Gasteiger partial charge is 0.272 e. The molecule has 0 atom stereocenters. The van der Waals surface area contributed by atoms with Gasteiger partial charge in [-0.2, -0.15) is 0 Å². The van der Waals surface area contributed by atoms with Gasteiger partial charge in [-0.1, -0.05) is 12.2 Å². The summed E-state index contributed by atoms with van der Waals surface area (Å²) < 4.78 is 0. The van der Waals surface area contributed by atoms with E-state index in [2.05, 4.69) is 22.5 Å². The molecule has 19 heavy (non-hydrogen) atoms. The number of aromatic nitrogens is 1. The van der Waals surface area contributed by atoms with Crippen LogP contribution >= 0.6 is 0 Å². The lowest BCUT2D eigenvalue weighted by Crippen LogP contribution is -2.31. The zero-order chi connectivity index (χ0) is 13.7. The summed E-state index contributed by atoms with van der Waals surface area (Å²) in [6, 6.07) is 4.20. The predicted molar refractivity (Wildman–Crippen MR) is 77.3 cm³/mol. The standard InChI is InChI=1S/C15H21N3O/c1-3-18(4-2)15(19)14-11-13(9-10-16-14)17-12-7-5-6-8-12/h5-6,9-12H,3-4,7-8H2,1-2H3,(H,16,17). The van der Waals surface area contributed by atoms with Crippen molar-refractivity contribution < 1.29 is 4.79 Å². The van der Waals surface area contributed by atoms with Gasteiger partial charge in [0.1, 0.15) is 5.69 Å². The Labute approximate surface area is 114 Å². The Bertz CT molecular complexity index is 458. The summed E-state index contributed by atoms with van der Waals surface area (Å²) in [5, 5.41) is 3.44. The fourth-order valence-electron chi connectivity index (χ4n) is 2.28. The summed E-state index contributed by atoms with van der Waals surface area (Å²) in [7, 11) is 0. The van der Waals surface area contributed by atoms with Crippen molar-refractivity contribution in [3.8, 4) is 0 Å². The summed E-state index contributed by atoms with van der Waals surface area (Å²) in [6.45, 7) is 5.38. The number of pyridine rings is 1. The molecule has 0 radical (unpaired) electrons. The Kier molecular flexibility index (Phi) is 4.55. The van der Waals surface area contributed by atoms with Crippen LogP contribution in [0, 0.1) is 0 Å². The minimum atomic E-state index is -0.00167. The normalized spacial score (nSPS) is 14.6. The second kappa shape index (κ2) is 6.36. The van der Waals surface area contributed by atoms with E-state index in [1.165, 1.54) is 0 Å². The summed E-state index contributed by atoms with van der Waals surface area (Å²) in [5.41, 5.74) is 1.49. The van der Waals surface area contributed by atoms with Crippen LogP contribution < -0.4 is 5.32 Å². The van der Waals surface area contributed by atoms with Gasteiger partial charge in [-0.05, 0) is 38.8 Å². The van der Waals surface area contributed by atoms with E-state index in [-0.39, 0.29) is 5.91 Å². The van der Waals surface area contributed by atoms with E-state index in [4.69, 9.17) is 0 Å². The van der Waals surface area contributed by atoms with Crippen LogP contribution in [0.25, 0.3) is 0 Å². The van der Waals surface area contributed by atoms with Crippen molar-refractivity contribution in [1.29, 1.82) is 0 Å². The van der Waals surface area contributed by atoms with Gasteiger partial charge in [-0.15, -0.1) is 0 Å². The number of nitrogens with one attached hydrogen (secondary N) is 1. The van der Waals surface area contributed by atoms with Crippen LogP contribution in [0.4, 0.5) is 5.69 Å². The molecule has 0 aromatic carbocycles. The average molecular weight is 259 g/mol. The van der Waals surface area contributed by atoms with Gasteiger partial charge < -0.3 is 10.2 Å². The van der Waals surface area contributed by atoms with Crippen molar-refractivity contribution in [2.45, 2.75) is 32.7 Å². The molecule has 2 rings (SSSR count). The van der Waals surface area contributed by atoms with E-state index in [9.17, 15) is 4.79 Å². The highest BCUT2D eigenvalue weighted by molar-refractivity contribution is 5.93. The van der Waals surface area contributed by atoms with Crippen LogP contribution in [0.3, 0.4) is 0 Å². The Hall–Kier alpha value is -1.84. The second-order valence-electron chi connectivity index (χ2n) is 4.69. The van der Waals surface area contributed by atoms with Crippen LogP contribution in [-0.4, -0.2) is 34.9 Å². The van der Waals surface area contributed by atoms with E-state index in [1.807, 2.05) is 26.0 Å². The van der Waals surface area contributed by atoms with E-state index in [0.717, 1.165) is 18.5 Å². The van der Waals surface area contributed by atoms with Gasteiger partial charge >= 0.3 is 0 Å². The lowest BCUT2D eigenvalue weighted by molar-refractivity contribution is 0.0767. The maximum Gasteiger partial charge on any atom is 0.272 e. The molecule has 0 fully saturated rings. The SMILES string of the molecule is CCN(CC)C(=O)c1cc(NC2CC=CC2)ccn1. The van der Waals surface area contributed by atoms with E-state index < -0.39 is 0 Å². The first kappa shape index (κ1) is 13.6. The monoisotopic (exact) mass is 259 g/mol. The molecule has 0 saturated carbocycles. The predicted octanol–water partition coefficient (Wildman–Crippen LogP) is 2.69. The first-order valence-electron chi connectivity index (χ1n) is 6.91. The second-order valence-corrected chi connectivity index (χ2v) is 4.69. The van der Waals surface area contributed by atoms with Gasteiger partial charge in [0.05, 0.1) is 0 Å². The lowest BCUT2D eigenvalue weighted by Gasteiger charge is -2.19. The lowest BCUT2D eigenvalue weighted by atomic mass is 10.2. The molecule has 4 heteroatoms. The number of carbonyl (C=O) groups is 1. The quantitative estimate of drug-likeness (QED) is 0.827. The molecule has 0 bridgehead atoms. The molecule has 1 aliphatic carbocycles. The summed E-state index contributed by atoms with van der Waals surface area (Å²) in [6.07, 6.45) is 8.15. The van der Waals surface area contributed by atoms with Crippen LogP contribution in [0.5, 0.6) is 0 Å². The van der Waals surface area contributed by atoms with Crippen molar-refractivity contribution in [3.63, 3.8) is 0 Å². The molecular weight excluding hydrogens is 238 g/mol. The Morgan fingerprint density at radius 3 is 2.68 bits per heavy atom. The molecule has 1 aromatic heterocycles. The number of anilines is 1. The average Bonchev–Trinajstić information content (AvgIpc) is 2.93. The highest BCUT2D eigenvalue weighted by atomic mass is 16.2. The Morgan fingerprint density at radius 2 is 2.05 bits per heavy atom. The van der Waals surface area contributed by atoms with Gasteiger partial charge in [0.25, 0.3) is 5.91 Å². The number of amides is 1. The van der Waals surface area contributed by atoms with Crippen molar-refractivity contribution in [3.05, 3.63) is 36.2 Å². The van der Waals surface area contributed by atoms with Crippen LogP contribution in [0.2, 0.25) is 0 Å². The molecule has 1 aliphatic rings. The molecule has 0 aliphatic heterocycles. The van der Waals surface area contributed by atoms with Gasteiger partial charge in [0, 0.05) is 31.0 Å². The molecule has 1 N–H and O–H groups in total. The Balaban J connectivity index is 2.07. The zero-order valence-corrected chi connectivity index (χ0v) is 11.6. The maximum absolute atomic E-state index is 12.2. The third-order valence-electron chi connectivity index (χ3n) is 3.41. The number of nitrogens with zero attached hydrogens (tertiary/aromatic N) is 2. The fourth-order valence-corrected chi connectivity index (χ4v) is 2.28. The molecular formula is C15H21N3O. The third kappa shape index (κ3) is 3.34. The number of carbonyl (C=O) groups excluding carboxylic acids is 1. The van der Waals surface area contributed by atoms with Gasteiger partial charge in [0.15, 0.2) is 0 Å². The molecule has 1 aromatic rings. The minimum Gasteiger partial charge on any atom is -0.382 e. The maximum atomic E-state index is 12.2. The molecule has 4 nitrogen and oxygen atoms in total. The summed E-state index contributed by atoms with van der Waals surface area (Å²) >= 11 is 0. The molecule has 0 spiro atoms. The first-order valence-corrected chi connectivity index (χ1v) is 6.91. The molecule has 0 unspecified atom stereocenters. The Morgan fingerprint density at radius 1 is 1.37 bits per heavy atom. The zero-order valence-electron chi connectivity index (χ0n) is 11.6. The minimum absolute atomic E-state index is 0.00167. The fraction of sp³-hybridized carbons (Fsp3) is 0.467. The topological polar surface area (TPSA) is 45.2 Å². The summed E-state index contributed by atoms with van der Waals surface area (Å²) in [5.74, 6) is -0.00167. The largest absolute Gasteiger partial charge is 0.382 e. The van der Waals surface area contributed by atoms with Crippen LogP contribution in [0.15, 0.2) is 30.5 Å². The van der Waals surface area contributed by atoms with Crippen molar-refractivity contribution in [1.82, 2.24) is 9.88 Å². The highest BCUT2D eigenvalue weighted by Gasteiger charge is 2.15. The van der Waals surface area contributed by atoms with Gasteiger partial charge in [0.2, 0.25) is 0 Å². The molecule has 102 valence electrons. The molecule has 1 amide bonds. The highest BCUT2D eigenvalue weighted by Crippen LogP contribution is 2.17.